The van der Waals surface area contributed by atoms with Crippen molar-refractivity contribution in [2.24, 2.45) is 5.41 Å². The maximum atomic E-state index is 4.04. The summed E-state index contributed by atoms with van der Waals surface area (Å²) >= 11 is 0. The van der Waals surface area contributed by atoms with Crippen molar-refractivity contribution < 1.29 is 0 Å². The van der Waals surface area contributed by atoms with Gasteiger partial charge in [-0.15, -0.1) is 0 Å². The fourth-order valence-corrected chi connectivity index (χ4v) is 1.40. The Bertz CT molecular complexity index is 156. The molecule has 0 bridgehead atoms. The summed E-state index contributed by atoms with van der Waals surface area (Å²) in [6, 6.07) is 0.625. The maximum Gasteiger partial charge on any atom is 0.0283 e. The van der Waals surface area contributed by atoms with E-state index in [0.717, 1.165) is 0 Å². The van der Waals surface area contributed by atoms with Crippen LogP contribution in [0.2, 0.25) is 0 Å². The minimum atomic E-state index is 0.365. The van der Waals surface area contributed by atoms with Crippen molar-refractivity contribution in [1.29, 1.82) is 0 Å². The molecule has 1 heteroatoms. The van der Waals surface area contributed by atoms with Gasteiger partial charge in [-0.2, -0.15) is 0 Å². The Kier molecular flexibility index (Phi) is 1.54. The standard InChI is InChI=1S/C9H17N/c1-7(2)10-6-9(4,5)8(10)3/h7H,3,6H2,1-2,4-5H3. The van der Waals surface area contributed by atoms with E-state index in [-0.39, 0.29) is 0 Å². The van der Waals surface area contributed by atoms with E-state index in [1.165, 1.54) is 12.2 Å². The van der Waals surface area contributed by atoms with E-state index in [2.05, 4.69) is 39.2 Å². The summed E-state index contributed by atoms with van der Waals surface area (Å²) in [5.41, 5.74) is 1.66. The molecule has 0 aliphatic carbocycles. The molecule has 0 aromatic carbocycles. The van der Waals surface area contributed by atoms with Crippen molar-refractivity contribution >= 4 is 0 Å². The van der Waals surface area contributed by atoms with Crippen LogP contribution >= 0.6 is 0 Å². The van der Waals surface area contributed by atoms with Gasteiger partial charge in [0.15, 0.2) is 0 Å². The molecule has 0 unspecified atom stereocenters. The average molecular weight is 139 g/mol. The van der Waals surface area contributed by atoms with E-state index in [9.17, 15) is 0 Å². The lowest BCUT2D eigenvalue weighted by Crippen LogP contribution is -2.52. The Morgan fingerprint density at radius 3 is 2.10 bits per heavy atom. The quantitative estimate of drug-likeness (QED) is 0.538. The molecule has 1 saturated heterocycles. The summed E-state index contributed by atoms with van der Waals surface area (Å²) in [5, 5.41) is 0. The van der Waals surface area contributed by atoms with Crippen LogP contribution < -0.4 is 0 Å². The van der Waals surface area contributed by atoms with E-state index < -0.39 is 0 Å². The SMILES string of the molecule is C=C1N(C(C)C)CC1(C)C. The van der Waals surface area contributed by atoms with Crippen LogP contribution in [0.15, 0.2) is 12.3 Å². The number of rotatable bonds is 1. The minimum Gasteiger partial charge on any atom is -0.371 e. The highest BCUT2D eigenvalue weighted by molar-refractivity contribution is 5.17. The molecule has 0 amide bonds. The first-order valence-corrected chi connectivity index (χ1v) is 3.91. The summed E-state index contributed by atoms with van der Waals surface area (Å²) in [7, 11) is 0. The Labute approximate surface area is 63.7 Å². The van der Waals surface area contributed by atoms with Crippen LogP contribution in [0.1, 0.15) is 27.7 Å². The summed E-state index contributed by atoms with van der Waals surface area (Å²) in [6.07, 6.45) is 0. The highest BCUT2D eigenvalue weighted by atomic mass is 15.2. The van der Waals surface area contributed by atoms with Crippen LogP contribution in [0.4, 0.5) is 0 Å². The second kappa shape index (κ2) is 2.01. The number of hydrogen-bond donors (Lipinski definition) is 0. The number of likely N-dealkylation sites (tertiary alicyclic amines) is 1. The smallest absolute Gasteiger partial charge is 0.0283 e. The van der Waals surface area contributed by atoms with Crippen molar-refractivity contribution in [2.75, 3.05) is 6.54 Å². The zero-order valence-electron chi connectivity index (χ0n) is 7.44. The van der Waals surface area contributed by atoms with Gasteiger partial charge in [0.05, 0.1) is 0 Å². The van der Waals surface area contributed by atoms with Crippen molar-refractivity contribution in [3.63, 3.8) is 0 Å². The third kappa shape index (κ3) is 0.938. The topological polar surface area (TPSA) is 3.24 Å². The highest BCUT2D eigenvalue weighted by Gasteiger charge is 2.38. The van der Waals surface area contributed by atoms with E-state index in [4.69, 9.17) is 0 Å². The van der Waals surface area contributed by atoms with Gasteiger partial charge in [0, 0.05) is 23.7 Å². The molecule has 1 nitrogen and oxygen atoms in total. The van der Waals surface area contributed by atoms with Crippen molar-refractivity contribution in [3.05, 3.63) is 12.3 Å². The molecule has 0 radical (unpaired) electrons. The molecule has 1 fully saturated rings. The first kappa shape index (κ1) is 7.64. The van der Waals surface area contributed by atoms with Crippen molar-refractivity contribution in [3.8, 4) is 0 Å². The maximum absolute atomic E-state index is 4.04. The molecule has 1 heterocycles. The Morgan fingerprint density at radius 2 is 2.00 bits per heavy atom. The van der Waals surface area contributed by atoms with Crippen LogP contribution in [-0.4, -0.2) is 17.5 Å². The zero-order chi connectivity index (χ0) is 7.94. The van der Waals surface area contributed by atoms with Crippen molar-refractivity contribution in [1.82, 2.24) is 4.90 Å². The molecule has 0 N–H and O–H groups in total. The molecule has 0 atom stereocenters. The Morgan fingerprint density at radius 1 is 1.50 bits per heavy atom. The van der Waals surface area contributed by atoms with E-state index in [0.29, 0.717) is 11.5 Å². The molecule has 0 saturated carbocycles. The molecular weight excluding hydrogens is 122 g/mol. The largest absolute Gasteiger partial charge is 0.371 e. The zero-order valence-corrected chi connectivity index (χ0v) is 7.44. The van der Waals surface area contributed by atoms with Gasteiger partial charge in [-0.25, -0.2) is 0 Å². The average Bonchev–Trinajstić information content (AvgIpc) is 1.82. The van der Waals surface area contributed by atoms with Gasteiger partial charge in [-0.05, 0) is 13.8 Å². The van der Waals surface area contributed by atoms with Gasteiger partial charge in [0.1, 0.15) is 0 Å². The predicted octanol–water partition coefficient (Wildman–Crippen LogP) is 2.25. The fourth-order valence-electron chi connectivity index (χ4n) is 1.40. The Hall–Kier alpha value is -0.460. The molecule has 58 valence electrons. The fraction of sp³-hybridized carbons (Fsp3) is 0.778. The van der Waals surface area contributed by atoms with Crippen LogP contribution in [0.3, 0.4) is 0 Å². The summed E-state index contributed by atoms with van der Waals surface area (Å²) in [4.78, 5) is 2.35. The molecule has 1 aliphatic rings. The van der Waals surface area contributed by atoms with E-state index >= 15 is 0 Å². The van der Waals surface area contributed by atoms with Crippen LogP contribution in [-0.2, 0) is 0 Å². The second-order valence-corrected chi connectivity index (χ2v) is 4.05. The summed E-state index contributed by atoms with van der Waals surface area (Å²) < 4.78 is 0. The lowest BCUT2D eigenvalue weighted by atomic mass is 9.79. The normalized spacial score (nSPS) is 23.3. The van der Waals surface area contributed by atoms with Gasteiger partial charge in [-0.3, -0.25) is 0 Å². The third-order valence-corrected chi connectivity index (χ3v) is 2.32. The first-order valence-electron chi connectivity index (χ1n) is 3.91. The Balaban J connectivity index is 2.55. The van der Waals surface area contributed by atoms with Crippen LogP contribution in [0.25, 0.3) is 0 Å². The van der Waals surface area contributed by atoms with Gasteiger partial charge >= 0.3 is 0 Å². The summed E-state index contributed by atoms with van der Waals surface area (Å²) in [6.45, 7) is 14.1. The van der Waals surface area contributed by atoms with Gasteiger partial charge in [0.25, 0.3) is 0 Å². The highest BCUT2D eigenvalue weighted by Crippen LogP contribution is 2.40. The molecule has 0 aromatic heterocycles. The van der Waals surface area contributed by atoms with Gasteiger partial charge in [-0.1, -0.05) is 20.4 Å². The number of hydrogen-bond acceptors (Lipinski definition) is 1. The van der Waals surface area contributed by atoms with Crippen molar-refractivity contribution in [2.45, 2.75) is 33.7 Å². The molecule has 10 heavy (non-hydrogen) atoms. The molecule has 1 aliphatic heterocycles. The molecule has 0 aromatic rings. The third-order valence-electron chi connectivity index (χ3n) is 2.32. The first-order chi connectivity index (χ1) is 4.45. The monoisotopic (exact) mass is 139 g/mol. The minimum absolute atomic E-state index is 0.365. The molecule has 1 rings (SSSR count). The summed E-state index contributed by atoms with van der Waals surface area (Å²) in [5.74, 6) is 0. The van der Waals surface area contributed by atoms with Crippen LogP contribution in [0.5, 0.6) is 0 Å². The van der Waals surface area contributed by atoms with E-state index in [1.54, 1.807) is 0 Å². The second-order valence-electron chi connectivity index (χ2n) is 4.05. The predicted molar refractivity (Wildman–Crippen MR) is 44.8 cm³/mol. The molecule has 0 spiro atoms. The number of nitrogens with zero attached hydrogens (tertiary/aromatic N) is 1. The van der Waals surface area contributed by atoms with Gasteiger partial charge < -0.3 is 4.90 Å². The molecular formula is C9H17N. The lowest BCUT2D eigenvalue weighted by molar-refractivity contribution is 0.0784. The lowest BCUT2D eigenvalue weighted by Gasteiger charge is -2.52. The van der Waals surface area contributed by atoms with Gasteiger partial charge in [0.2, 0.25) is 0 Å². The van der Waals surface area contributed by atoms with E-state index in [1.807, 2.05) is 0 Å². The van der Waals surface area contributed by atoms with Crippen LogP contribution in [0, 0.1) is 5.41 Å².